The highest BCUT2D eigenvalue weighted by Crippen LogP contribution is 2.31. The molecular weight excluding hydrogens is 246 g/mol. The van der Waals surface area contributed by atoms with E-state index in [1.807, 2.05) is 18.2 Å². The van der Waals surface area contributed by atoms with Crippen LogP contribution in [0, 0.1) is 0 Å². The molecule has 1 N–H and O–H groups in total. The second-order valence-corrected chi connectivity index (χ2v) is 5.56. The second kappa shape index (κ2) is 5.68. The first-order valence-electron chi connectivity index (χ1n) is 7.38. The molecule has 1 heterocycles. The van der Waals surface area contributed by atoms with Crippen LogP contribution in [0.2, 0.25) is 0 Å². The van der Waals surface area contributed by atoms with E-state index in [2.05, 4.69) is 36.1 Å². The van der Waals surface area contributed by atoms with Crippen molar-refractivity contribution >= 4 is 0 Å². The number of aromatic hydroxyl groups is 1. The molecule has 2 nitrogen and oxygen atoms in total. The van der Waals surface area contributed by atoms with Gasteiger partial charge in [-0.3, -0.25) is 4.90 Å². The van der Waals surface area contributed by atoms with Gasteiger partial charge in [-0.2, -0.15) is 0 Å². The van der Waals surface area contributed by atoms with Crippen molar-refractivity contribution in [1.82, 2.24) is 4.90 Å². The van der Waals surface area contributed by atoms with E-state index in [9.17, 15) is 5.11 Å². The number of phenolic OH excluding ortho intramolecular Hbond substituents is 1. The summed E-state index contributed by atoms with van der Waals surface area (Å²) in [5.41, 5.74) is 3.32. The molecule has 1 fully saturated rings. The van der Waals surface area contributed by atoms with Crippen molar-refractivity contribution in [1.29, 1.82) is 0 Å². The third-order valence-electron chi connectivity index (χ3n) is 4.30. The molecule has 0 spiro atoms. The predicted molar refractivity (Wildman–Crippen MR) is 82.8 cm³/mol. The van der Waals surface area contributed by atoms with Crippen LogP contribution in [0.25, 0.3) is 11.1 Å². The van der Waals surface area contributed by atoms with Crippen molar-refractivity contribution in [3.63, 3.8) is 0 Å². The zero-order chi connectivity index (χ0) is 13.9. The fourth-order valence-corrected chi connectivity index (χ4v) is 3.00. The first-order chi connectivity index (χ1) is 9.75. The summed E-state index contributed by atoms with van der Waals surface area (Å²) in [6, 6.07) is 16.6. The van der Waals surface area contributed by atoms with Crippen LogP contribution in [0.4, 0.5) is 0 Å². The van der Waals surface area contributed by atoms with Gasteiger partial charge in [0.15, 0.2) is 0 Å². The first kappa shape index (κ1) is 13.2. The third kappa shape index (κ3) is 2.56. The molecular formula is C18H21NO. The van der Waals surface area contributed by atoms with E-state index in [1.54, 1.807) is 6.07 Å². The number of hydrogen-bond acceptors (Lipinski definition) is 2. The Kier molecular flexibility index (Phi) is 3.75. The lowest BCUT2D eigenvalue weighted by Crippen LogP contribution is -2.23. The molecule has 0 amide bonds. The number of benzene rings is 2. The standard InChI is InChI=1S/C18H21NO/c1-14(19-12-4-5-13-19)15-8-10-16(11-9-15)17-6-2-3-7-18(17)20/h2-3,6-11,14,20H,4-5,12-13H2,1H3. The van der Waals surface area contributed by atoms with Crippen molar-refractivity contribution in [3.05, 3.63) is 54.1 Å². The average Bonchev–Trinajstić information content (AvgIpc) is 3.01. The molecule has 2 heteroatoms. The van der Waals surface area contributed by atoms with Crippen molar-refractivity contribution in [2.45, 2.75) is 25.8 Å². The van der Waals surface area contributed by atoms with Gasteiger partial charge in [-0.15, -0.1) is 0 Å². The normalized spacial score (nSPS) is 17.2. The number of hydrogen-bond donors (Lipinski definition) is 1. The number of para-hydroxylation sites is 1. The van der Waals surface area contributed by atoms with E-state index in [4.69, 9.17) is 0 Å². The van der Waals surface area contributed by atoms with E-state index in [0.717, 1.165) is 11.1 Å². The molecule has 0 aliphatic carbocycles. The molecule has 2 aromatic rings. The lowest BCUT2D eigenvalue weighted by molar-refractivity contribution is 0.263. The maximum absolute atomic E-state index is 9.91. The quantitative estimate of drug-likeness (QED) is 0.900. The highest BCUT2D eigenvalue weighted by atomic mass is 16.3. The van der Waals surface area contributed by atoms with Crippen LogP contribution in [0.15, 0.2) is 48.5 Å². The number of phenols is 1. The van der Waals surface area contributed by atoms with Gasteiger partial charge >= 0.3 is 0 Å². The molecule has 1 aliphatic heterocycles. The monoisotopic (exact) mass is 267 g/mol. The molecule has 0 saturated carbocycles. The lowest BCUT2D eigenvalue weighted by atomic mass is 10.0. The molecule has 2 aromatic carbocycles. The van der Waals surface area contributed by atoms with Crippen molar-refractivity contribution < 1.29 is 5.11 Å². The molecule has 3 rings (SSSR count). The van der Waals surface area contributed by atoms with Crippen LogP contribution in [0.5, 0.6) is 5.75 Å². The van der Waals surface area contributed by atoms with Gasteiger partial charge in [0.05, 0.1) is 0 Å². The molecule has 1 saturated heterocycles. The molecule has 104 valence electrons. The number of nitrogens with zero attached hydrogens (tertiary/aromatic N) is 1. The number of rotatable bonds is 3. The van der Waals surface area contributed by atoms with Gasteiger partial charge in [-0.25, -0.2) is 0 Å². The zero-order valence-corrected chi connectivity index (χ0v) is 11.9. The topological polar surface area (TPSA) is 23.5 Å². The van der Waals surface area contributed by atoms with Crippen LogP contribution in [-0.2, 0) is 0 Å². The Hall–Kier alpha value is -1.80. The SMILES string of the molecule is CC(c1ccc(-c2ccccc2O)cc1)N1CCCC1. The summed E-state index contributed by atoms with van der Waals surface area (Å²) in [6.45, 7) is 4.70. The van der Waals surface area contributed by atoms with Gasteiger partial charge in [0.2, 0.25) is 0 Å². The molecule has 1 aliphatic rings. The molecule has 1 atom stereocenters. The highest BCUT2D eigenvalue weighted by Gasteiger charge is 2.19. The van der Waals surface area contributed by atoms with E-state index in [-0.39, 0.29) is 0 Å². The molecule has 0 radical (unpaired) electrons. The van der Waals surface area contributed by atoms with Crippen LogP contribution in [0.1, 0.15) is 31.4 Å². The third-order valence-corrected chi connectivity index (χ3v) is 4.30. The largest absolute Gasteiger partial charge is 0.507 e. The van der Waals surface area contributed by atoms with E-state index in [1.165, 1.54) is 31.5 Å². The summed E-state index contributed by atoms with van der Waals surface area (Å²) in [6.07, 6.45) is 2.64. The van der Waals surface area contributed by atoms with Gasteiger partial charge in [0.25, 0.3) is 0 Å². The van der Waals surface area contributed by atoms with Gasteiger partial charge in [-0.1, -0.05) is 42.5 Å². The predicted octanol–water partition coefficient (Wildman–Crippen LogP) is 4.22. The summed E-state index contributed by atoms with van der Waals surface area (Å²) in [7, 11) is 0. The Morgan fingerprint density at radius 2 is 1.60 bits per heavy atom. The molecule has 0 aromatic heterocycles. The zero-order valence-electron chi connectivity index (χ0n) is 11.9. The highest BCUT2D eigenvalue weighted by molar-refractivity contribution is 5.70. The van der Waals surface area contributed by atoms with Crippen LogP contribution < -0.4 is 0 Å². The molecule has 0 bridgehead atoms. The van der Waals surface area contributed by atoms with Gasteiger partial charge in [0, 0.05) is 11.6 Å². The minimum absolute atomic E-state index is 0.341. The summed E-state index contributed by atoms with van der Waals surface area (Å²) in [4.78, 5) is 2.54. The summed E-state index contributed by atoms with van der Waals surface area (Å²) >= 11 is 0. The van der Waals surface area contributed by atoms with E-state index in [0.29, 0.717) is 11.8 Å². The van der Waals surface area contributed by atoms with Crippen molar-refractivity contribution in [2.75, 3.05) is 13.1 Å². The fourth-order valence-electron chi connectivity index (χ4n) is 3.00. The van der Waals surface area contributed by atoms with Crippen LogP contribution in [0.3, 0.4) is 0 Å². The first-order valence-corrected chi connectivity index (χ1v) is 7.38. The van der Waals surface area contributed by atoms with Crippen LogP contribution >= 0.6 is 0 Å². The van der Waals surface area contributed by atoms with Crippen molar-refractivity contribution in [3.8, 4) is 16.9 Å². The Labute approximate surface area is 120 Å². The minimum Gasteiger partial charge on any atom is -0.507 e. The van der Waals surface area contributed by atoms with Gasteiger partial charge in [0.1, 0.15) is 5.75 Å². The van der Waals surface area contributed by atoms with E-state index < -0.39 is 0 Å². The average molecular weight is 267 g/mol. The summed E-state index contributed by atoms with van der Waals surface area (Å²) < 4.78 is 0. The van der Waals surface area contributed by atoms with Crippen molar-refractivity contribution in [2.24, 2.45) is 0 Å². The summed E-state index contributed by atoms with van der Waals surface area (Å²) in [5, 5.41) is 9.91. The number of likely N-dealkylation sites (tertiary alicyclic amines) is 1. The Morgan fingerprint density at radius 1 is 0.950 bits per heavy atom. The lowest BCUT2D eigenvalue weighted by Gasteiger charge is -2.24. The Bertz CT molecular complexity index is 570. The Balaban J connectivity index is 1.82. The smallest absolute Gasteiger partial charge is 0.123 e. The van der Waals surface area contributed by atoms with Gasteiger partial charge in [-0.05, 0) is 50.0 Å². The second-order valence-electron chi connectivity index (χ2n) is 5.56. The minimum atomic E-state index is 0.341. The van der Waals surface area contributed by atoms with Crippen LogP contribution in [-0.4, -0.2) is 23.1 Å². The fraction of sp³-hybridized carbons (Fsp3) is 0.333. The maximum Gasteiger partial charge on any atom is 0.123 e. The Morgan fingerprint density at radius 3 is 2.25 bits per heavy atom. The van der Waals surface area contributed by atoms with E-state index >= 15 is 0 Å². The molecule has 1 unspecified atom stereocenters. The molecule has 20 heavy (non-hydrogen) atoms. The maximum atomic E-state index is 9.91. The summed E-state index contributed by atoms with van der Waals surface area (Å²) in [5.74, 6) is 0.341. The van der Waals surface area contributed by atoms with Gasteiger partial charge < -0.3 is 5.11 Å².